The summed E-state index contributed by atoms with van der Waals surface area (Å²) >= 11 is 2.85. The van der Waals surface area contributed by atoms with Gasteiger partial charge in [0.1, 0.15) is 5.75 Å². The summed E-state index contributed by atoms with van der Waals surface area (Å²) in [4.78, 5) is 0. The summed E-state index contributed by atoms with van der Waals surface area (Å²) in [6.45, 7) is 0. The lowest BCUT2D eigenvalue weighted by atomic mass is 10.1. The lowest BCUT2D eigenvalue weighted by Gasteiger charge is -2.15. The zero-order chi connectivity index (χ0) is 10.9. The number of halogens is 4. The van der Waals surface area contributed by atoms with Gasteiger partial charge in [0.05, 0.1) is 4.47 Å². The number of aliphatic hydroxyl groups is 1. The van der Waals surface area contributed by atoms with E-state index in [1.807, 2.05) is 0 Å². The molecule has 0 aliphatic rings. The molecule has 0 bridgehead atoms. The summed E-state index contributed by atoms with van der Waals surface area (Å²) in [5, 5.41) is 17.9. The maximum Gasteiger partial charge on any atom is 0.418 e. The maximum atomic E-state index is 12.0. The van der Waals surface area contributed by atoms with Crippen LogP contribution in [0.25, 0.3) is 0 Å². The van der Waals surface area contributed by atoms with Gasteiger partial charge >= 0.3 is 6.18 Å². The molecular weight excluding hydrogens is 265 g/mol. The Bertz CT molecular complexity index is 338. The van der Waals surface area contributed by atoms with Crippen molar-refractivity contribution in [2.45, 2.75) is 12.3 Å². The second-order valence-corrected chi connectivity index (χ2v) is 3.51. The molecule has 1 rings (SSSR count). The van der Waals surface area contributed by atoms with E-state index in [-0.39, 0.29) is 15.8 Å². The Kier molecular flexibility index (Phi) is 3.06. The molecule has 0 fully saturated rings. The molecule has 0 aliphatic heterocycles. The SMILES string of the molecule is Oc1ccc([C@H](O)C(F)(F)F)cc1Br. The van der Waals surface area contributed by atoms with Gasteiger partial charge < -0.3 is 10.2 Å². The monoisotopic (exact) mass is 270 g/mol. The van der Waals surface area contributed by atoms with Crippen LogP contribution in [0.2, 0.25) is 0 Å². The zero-order valence-electron chi connectivity index (χ0n) is 6.72. The highest BCUT2D eigenvalue weighted by Gasteiger charge is 2.39. The predicted molar refractivity (Wildman–Crippen MR) is 46.8 cm³/mol. The van der Waals surface area contributed by atoms with Crippen molar-refractivity contribution in [3.8, 4) is 5.75 Å². The molecule has 1 aromatic rings. The maximum absolute atomic E-state index is 12.0. The van der Waals surface area contributed by atoms with Crippen LogP contribution in [0.4, 0.5) is 13.2 Å². The van der Waals surface area contributed by atoms with Crippen molar-refractivity contribution >= 4 is 15.9 Å². The van der Waals surface area contributed by atoms with Crippen molar-refractivity contribution < 1.29 is 23.4 Å². The molecule has 1 aromatic carbocycles. The van der Waals surface area contributed by atoms with E-state index in [4.69, 9.17) is 10.2 Å². The van der Waals surface area contributed by atoms with E-state index in [9.17, 15) is 13.2 Å². The van der Waals surface area contributed by atoms with Crippen LogP contribution >= 0.6 is 15.9 Å². The van der Waals surface area contributed by atoms with Gasteiger partial charge in [0, 0.05) is 0 Å². The molecule has 0 unspecified atom stereocenters. The first kappa shape index (κ1) is 11.3. The number of aromatic hydroxyl groups is 1. The minimum absolute atomic E-state index is 0.110. The lowest BCUT2D eigenvalue weighted by Crippen LogP contribution is -2.20. The molecule has 0 radical (unpaired) electrons. The first-order valence-corrected chi connectivity index (χ1v) is 4.35. The fourth-order valence-electron chi connectivity index (χ4n) is 0.882. The van der Waals surface area contributed by atoms with Gasteiger partial charge in [-0.05, 0) is 33.6 Å². The highest BCUT2D eigenvalue weighted by atomic mass is 79.9. The van der Waals surface area contributed by atoms with E-state index in [0.717, 1.165) is 18.2 Å². The molecule has 0 saturated carbocycles. The van der Waals surface area contributed by atoms with Gasteiger partial charge in [0.25, 0.3) is 0 Å². The third-order valence-electron chi connectivity index (χ3n) is 1.60. The zero-order valence-corrected chi connectivity index (χ0v) is 8.30. The van der Waals surface area contributed by atoms with E-state index in [1.165, 1.54) is 0 Å². The number of phenolic OH excluding ortho intramolecular Hbond substituents is 1. The number of aliphatic hydroxyl groups excluding tert-OH is 1. The molecule has 0 heterocycles. The fourth-order valence-corrected chi connectivity index (χ4v) is 1.28. The standard InChI is InChI=1S/C8H6BrF3O2/c9-5-3-4(1-2-6(5)13)7(14)8(10,11)12/h1-3,7,13-14H/t7-/m0/s1. The van der Waals surface area contributed by atoms with Gasteiger partial charge in [-0.3, -0.25) is 0 Å². The second-order valence-electron chi connectivity index (χ2n) is 2.65. The van der Waals surface area contributed by atoms with Crippen molar-refractivity contribution in [2.24, 2.45) is 0 Å². The lowest BCUT2D eigenvalue weighted by molar-refractivity contribution is -0.206. The average Bonchev–Trinajstić information content (AvgIpc) is 2.07. The molecule has 2 N–H and O–H groups in total. The Morgan fingerprint density at radius 3 is 2.29 bits per heavy atom. The fraction of sp³-hybridized carbons (Fsp3) is 0.250. The highest BCUT2D eigenvalue weighted by molar-refractivity contribution is 9.10. The first-order chi connectivity index (χ1) is 6.32. The van der Waals surface area contributed by atoms with Crippen molar-refractivity contribution in [2.75, 3.05) is 0 Å². The van der Waals surface area contributed by atoms with Crippen LogP contribution in [0, 0.1) is 0 Å². The van der Waals surface area contributed by atoms with Gasteiger partial charge in [-0.15, -0.1) is 0 Å². The van der Waals surface area contributed by atoms with Crippen LogP contribution in [-0.4, -0.2) is 16.4 Å². The van der Waals surface area contributed by atoms with E-state index in [2.05, 4.69) is 15.9 Å². The molecule has 0 saturated heterocycles. The molecule has 0 spiro atoms. The number of alkyl halides is 3. The molecule has 14 heavy (non-hydrogen) atoms. The largest absolute Gasteiger partial charge is 0.507 e. The van der Waals surface area contributed by atoms with E-state index >= 15 is 0 Å². The van der Waals surface area contributed by atoms with Crippen LogP contribution < -0.4 is 0 Å². The second kappa shape index (κ2) is 3.78. The van der Waals surface area contributed by atoms with Gasteiger partial charge in [0.15, 0.2) is 6.10 Å². The van der Waals surface area contributed by atoms with E-state index < -0.39 is 12.3 Å². The number of phenols is 1. The average molecular weight is 271 g/mol. The number of rotatable bonds is 1. The normalized spacial score (nSPS) is 14.1. The summed E-state index contributed by atoms with van der Waals surface area (Å²) in [5.74, 6) is -0.178. The third kappa shape index (κ3) is 2.39. The Morgan fingerprint density at radius 2 is 1.86 bits per heavy atom. The predicted octanol–water partition coefficient (Wildman–Crippen LogP) is 2.75. The summed E-state index contributed by atoms with van der Waals surface area (Å²) in [6, 6.07) is 3.11. The molecule has 0 aromatic heterocycles. The molecule has 0 amide bonds. The minimum Gasteiger partial charge on any atom is -0.507 e. The van der Waals surface area contributed by atoms with E-state index in [0.29, 0.717) is 0 Å². The molecule has 0 aliphatic carbocycles. The quantitative estimate of drug-likeness (QED) is 0.824. The van der Waals surface area contributed by atoms with Crippen LogP contribution in [0.1, 0.15) is 11.7 Å². The Labute approximate surface area is 86.1 Å². The summed E-state index contributed by atoms with van der Waals surface area (Å²) in [7, 11) is 0. The Balaban J connectivity index is 3.03. The molecule has 1 atom stereocenters. The Hall–Kier alpha value is -0.750. The highest BCUT2D eigenvalue weighted by Crippen LogP contribution is 2.35. The number of hydrogen-bond donors (Lipinski definition) is 2. The molecule has 78 valence electrons. The van der Waals surface area contributed by atoms with Gasteiger partial charge in [-0.1, -0.05) is 6.07 Å². The van der Waals surface area contributed by atoms with Crippen molar-refractivity contribution in [1.82, 2.24) is 0 Å². The summed E-state index contributed by atoms with van der Waals surface area (Å²) < 4.78 is 36.2. The van der Waals surface area contributed by atoms with Crippen LogP contribution in [-0.2, 0) is 0 Å². The number of hydrogen-bond acceptors (Lipinski definition) is 2. The number of benzene rings is 1. The third-order valence-corrected chi connectivity index (χ3v) is 2.23. The minimum atomic E-state index is -4.70. The van der Waals surface area contributed by atoms with Crippen molar-refractivity contribution in [3.63, 3.8) is 0 Å². The first-order valence-electron chi connectivity index (χ1n) is 3.55. The summed E-state index contributed by atoms with van der Waals surface area (Å²) in [5.41, 5.74) is -0.317. The van der Waals surface area contributed by atoms with Crippen LogP contribution in [0.15, 0.2) is 22.7 Å². The Morgan fingerprint density at radius 1 is 1.29 bits per heavy atom. The van der Waals surface area contributed by atoms with Gasteiger partial charge in [0.2, 0.25) is 0 Å². The molecule has 6 heteroatoms. The van der Waals surface area contributed by atoms with Gasteiger partial charge in [-0.2, -0.15) is 13.2 Å². The topological polar surface area (TPSA) is 40.5 Å². The van der Waals surface area contributed by atoms with Gasteiger partial charge in [-0.25, -0.2) is 0 Å². The van der Waals surface area contributed by atoms with Crippen molar-refractivity contribution in [1.29, 1.82) is 0 Å². The van der Waals surface area contributed by atoms with Crippen LogP contribution in [0.5, 0.6) is 5.75 Å². The summed E-state index contributed by atoms with van der Waals surface area (Å²) in [6.07, 6.45) is -7.23. The molecule has 2 nitrogen and oxygen atoms in total. The van der Waals surface area contributed by atoms with Crippen molar-refractivity contribution in [3.05, 3.63) is 28.2 Å². The molecular formula is C8H6BrF3O2. The van der Waals surface area contributed by atoms with E-state index in [1.54, 1.807) is 0 Å². The smallest absolute Gasteiger partial charge is 0.418 e. The van der Waals surface area contributed by atoms with Crippen LogP contribution in [0.3, 0.4) is 0 Å².